The third-order valence-electron chi connectivity index (χ3n) is 3.12. The number of benzene rings is 1. The van der Waals surface area contributed by atoms with Gasteiger partial charge in [0.05, 0.1) is 19.1 Å². The van der Waals surface area contributed by atoms with Gasteiger partial charge in [0.2, 0.25) is 11.8 Å². The van der Waals surface area contributed by atoms with E-state index in [1.54, 1.807) is 18.4 Å². The summed E-state index contributed by atoms with van der Waals surface area (Å²) >= 11 is 1.60. The van der Waals surface area contributed by atoms with Gasteiger partial charge in [-0.3, -0.25) is 14.9 Å². The fourth-order valence-corrected chi connectivity index (χ4v) is 2.81. The Morgan fingerprint density at radius 2 is 1.77 bits per heavy atom. The van der Waals surface area contributed by atoms with Crippen molar-refractivity contribution in [1.82, 2.24) is 16.0 Å². The molecule has 5 nitrogen and oxygen atoms in total. The Balaban J connectivity index is 1.99. The van der Waals surface area contributed by atoms with Gasteiger partial charge in [-0.15, -0.1) is 11.3 Å². The highest BCUT2D eigenvalue weighted by molar-refractivity contribution is 7.10. The number of carbonyl (C=O) groups is 2. The van der Waals surface area contributed by atoms with Crippen LogP contribution in [0.4, 0.5) is 0 Å². The molecule has 0 spiro atoms. The van der Waals surface area contributed by atoms with Gasteiger partial charge in [-0.05, 0) is 17.0 Å². The Hall–Kier alpha value is -2.18. The van der Waals surface area contributed by atoms with Gasteiger partial charge in [0, 0.05) is 11.9 Å². The Morgan fingerprint density at radius 3 is 2.41 bits per heavy atom. The van der Waals surface area contributed by atoms with E-state index >= 15 is 0 Å². The Morgan fingerprint density at radius 1 is 1.05 bits per heavy atom. The molecule has 6 heteroatoms. The molecule has 0 radical (unpaired) electrons. The van der Waals surface area contributed by atoms with Crippen molar-refractivity contribution in [2.24, 2.45) is 0 Å². The van der Waals surface area contributed by atoms with Crippen molar-refractivity contribution >= 4 is 23.2 Å². The second-order valence-corrected chi connectivity index (χ2v) is 5.68. The molecule has 0 aliphatic rings. The van der Waals surface area contributed by atoms with Crippen LogP contribution < -0.4 is 16.0 Å². The van der Waals surface area contributed by atoms with Crippen LogP contribution in [-0.4, -0.2) is 32.0 Å². The highest BCUT2D eigenvalue weighted by Gasteiger charge is 2.17. The summed E-state index contributed by atoms with van der Waals surface area (Å²) in [5.41, 5.74) is 1.03. The molecule has 0 aliphatic heterocycles. The van der Waals surface area contributed by atoms with Crippen LogP contribution in [0, 0.1) is 0 Å². The third kappa shape index (κ3) is 4.68. The van der Waals surface area contributed by atoms with Gasteiger partial charge in [-0.25, -0.2) is 0 Å². The van der Waals surface area contributed by atoms with E-state index in [9.17, 15) is 9.59 Å². The molecule has 0 fully saturated rings. The van der Waals surface area contributed by atoms with Gasteiger partial charge in [0.1, 0.15) is 0 Å². The summed E-state index contributed by atoms with van der Waals surface area (Å²) in [5, 5.41) is 10.3. The first-order chi connectivity index (χ1) is 10.7. The van der Waals surface area contributed by atoms with Crippen LogP contribution in [0.3, 0.4) is 0 Å². The highest BCUT2D eigenvalue weighted by atomic mass is 32.1. The van der Waals surface area contributed by atoms with Crippen molar-refractivity contribution in [3.63, 3.8) is 0 Å². The van der Waals surface area contributed by atoms with Gasteiger partial charge < -0.3 is 10.6 Å². The fourth-order valence-electron chi connectivity index (χ4n) is 2.01. The number of nitrogens with one attached hydrogen (secondary N) is 3. The van der Waals surface area contributed by atoms with E-state index in [1.807, 2.05) is 47.8 Å². The van der Waals surface area contributed by atoms with Crippen LogP contribution in [-0.2, 0) is 9.59 Å². The molecule has 22 heavy (non-hydrogen) atoms. The fraction of sp³-hybridized carbons (Fsp3) is 0.250. The van der Waals surface area contributed by atoms with Crippen LogP contribution in [0.25, 0.3) is 0 Å². The number of rotatable bonds is 7. The maximum absolute atomic E-state index is 12.1. The molecule has 1 heterocycles. The maximum Gasteiger partial charge on any atom is 0.234 e. The summed E-state index contributed by atoms with van der Waals surface area (Å²) in [6.45, 7) is 0.223. The first-order valence-corrected chi connectivity index (χ1v) is 7.87. The van der Waals surface area contributed by atoms with Gasteiger partial charge in [-0.2, -0.15) is 0 Å². The lowest BCUT2D eigenvalue weighted by molar-refractivity contribution is -0.121. The van der Waals surface area contributed by atoms with E-state index in [-0.39, 0.29) is 30.9 Å². The average Bonchev–Trinajstić information content (AvgIpc) is 3.07. The largest absolute Gasteiger partial charge is 0.358 e. The second kappa shape index (κ2) is 8.31. The molecular weight excluding hydrogens is 298 g/mol. The number of amides is 2. The SMILES string of the molecule is CNC(=O)CNCC(=O)N[C@@H](c1ccccc1)c1cccs1. The molecule has 116 valence electrons. The van der Waals surface area contributed by atoms with Crippen LogP contribution in [0.5, 0.6) is 0 Å². The monoisotopic (exact) mass is 317 g/mol. The molecule has 0 unspecified atom stereocenters. The lowest BCUT2D eigenvalue weighted by Gasteiger charge is -2.18. The normalized spacial score (nSPS) is 11.7. The Kier molecular flexibility index (Phi) is 6.12. The molecule has 0 saturated carbocycles. The summed E-state index contributed by atoms with van der Waals surface area (Å²) in [4.78, 5) is 24.3. The molecule has 1 atom stereocenters. The van der Waals surface area contributed by atoms with Crippen molar-refractivity contribution in [3.8, 4) is 0 Å². The zero-order chi connectivity index (χ0) is 15.8. The number of hydrogen-bond acceptors (Lipinski definition) is 4. The summed E-state index contributed by atoms with van der Waals surface area (Å²) in [7, 11) is 1.56. The van der Waals surface area contributed by atoms with Crippen LogP contribution >= 0.6 is 11.3 Å². The van der Waals surface area contributed by atoms with E-state index in [0.29, 0.717) is 0 Å². The van der Waals surface area contributed by atoms with E-state index in [1.165, 1.54) is 0 Å². The number of thiophene rings is 1. The van der Waals surface area contributed by atoms with E-state index in [0.717, 1.165) is 10.4 Å². The van der Waals surface area contributed by atoms with Crippen molar-refractivity contribution in [2.45, 2.75) is 6.04 Å². The lowest BCUT2D eigenvalue weighted by Crippen LogP contribution is -2.40. The van der Waals surface area contributed by atoms with Gasteiger partial charge in [-0.1, -0.05) is 36.4 Å². The predicted octanol–water partition coefficient (Wildman–Crippen LogP) is 1.29. The zero-order valence-corrected chi connectivity index (χ0v) is 13.2. The molecular formula is C16H19N3O2S. The molecule has 1 aromatic heterocycles. The van der Waals surface area contributed by atoms with Gasteiger partial charge in [0.25, 0.3) is 0 Å². The third-order valence-corrected chi connectivity index (χ3v) is 4.05. The van der Waals surface area contributed by atoms with E-state index < -0.39 is 0 Å². The minimum absolute atomic E-state index is 0.0993. The standard InChI is InChI=1S/C16H19N3O2S/c1-17-14(20)10-18-11-15(21)19-16(13-8-5-9-22-13)12-6-3-2-4-7-12/h2-9,16,18H,10-11H2,1H3,(H,17,20)(H,19,21)/t16-/m0/s1. The van der Waals surface area contributed by atoms with Crippen molar-refractivity contribution in [2.75, 3.05) is 20.1 Å². The molecule has 0 bridgehead atoms. The summed E-state index contributed by atoms with van der Waals surface area (Å²) < 4.78 is 0. The van der Waals surface area contributed by atoms with Crippen molar-refractivity contribution in [3.05, 3.63) is 58.3 Å². The molecule has 2 amide bonds. The number of likely N-dealkylation sites (N-methyl/N-ethyl adjacent to an activating group) is 1. The summed E-state index contributed by atoms with van der Waals surface area (Å²) in [5.74, 6) is -0.295. The van der Waals surface area contributed by atoms with Gasteiger partial charge in [0.15, 0.2) is 0 Å². The predicted molar refractivity (Wildman–Crippen MR) is 87.7 cm³/mol. The number of hydrogen-bond donors (Lipinski definition) is 3. The molecule has 0 aliphatic carbocycles. The first kappa shape index (κ1) is 16.2. The number of carbonyl (C=O) groups excluding carboxylic acids is 2. The topological polar surface area (TPSA) is 70.2 Å². The van der Waals surface area contributed by atoms with Crippen LogP contribution in [0.15, 0.2) is 47.8 Å². The molecule has 2 aromatic rings. The smallest absolute Gasteiger partial charge is 0.234 e. The molecule has 0 saturated heterocycles. The minimum Gasteiger partial charge on any atom is -0.358 e. The highest BCUT2D eigenvalue weighted by Crippen LogP contribution is 2.25. The molecule has 1 aromatic carbocycles. The second-order valence-electron chi connectivity index (χ2n) is 4.70. The van der Waals surface area contributed by atoms with E-state index in [4.69, 9.17) is 0 Å². The summed E-state index contributed by atoms with van der Waals surface area (Å²) in [6, 6.07) is 13.6. The quantitative estimate of drug-likeness (QED) is 0.721. The summed E-state index contributed by atoms with van der Waals surface area (Å²) in [6.07, 6.45) is 0. The Labute approximate surface area is 133 Å². The van der Waals surface area contributed by atoms with Crippen LogP contribution in [0.2, 0.25) is 0 Å². The van der Waals surface area contributed by atoms with Crippen LogP contribution in [0.1, 0.15) is 16.5 Å². The van der Waals surface area contributed by atoms with E-state index in [2.05, 4.69) is 16.0 Å². The Bertz CT molecular complexity index is 599. The van der Waals surface area contributed by atoms with Gasteiger partial charge >= 0.3 is 0 Å². The lowest BCUT2D eigenvalue weighted by atomic mass is 10.1. The maximum atomic E-state index is 12.1. The molecule has 3 N–H and O–H groups in total. The minimum atomic E-state index is -0.171. The van der Waals surface area contributed by atoms with Crippen molar-refractivity contribution in [1.29, 1.82) is 0 Å². The zero-order valence-electron chi connectivity index (χ0n) is 12.3. The average molecular weight is 317 g/mol. The first-order valence-electron chi connectivity index (χ1n) is 6.99. The van der Waals surface area contributed by atoms with Crippen molar-refractivity contribution < 1.29 is 9.59 Å². The molecule has 2 rings (SSSR count).